The monoisotopic (exact) mass is 659 g/mol. The van der Waals surface area contributed by atoms with Crippen LogP contribution in [0.15, 0.2) is 4.99 Å². The summed E-state index contributed by atoms with van der Waals surface area (Å²) in [5.41, 5.74) is 16.4. The summed E-state index contributed by atoms with van der Waals surface area (Å²) in [7, 11) is 0. The van der Waals surface area contributed by atoms with Gasteiger partial charge in [0.15, 0.2) is 5.96 Å². The van der Waals surface area contributed by atoms with E-state index in [1.807, 2.05) is 5.32 Å². The number of aliphatic hydroxyl groups excluding tert-OH is 3. The van der Waals surface area contributed by atoms with Crippen LogP contribution in [0.2, 0.25) is 0 Å². The van der Waals surface area contributed by atoms with Crippen LogP contribution in [0.5, 0.6) is 0 Å². The highest BCUT2D eigenvalue weighted by Gasteiger charge is 2.39. The number of carboxylic acids is 1. The highest BCUT2D eigenvalue weighted by atomic mass is 16.4. The number of likely N-dealkylation sites (tertiary alicyclic amines) is 1. The second kappa shape index (κ2) is 19.4. The van der Waals surface area contributed by atoms with Crippen molar-refractivity contribution in [2.24, 2.45) is 28.1 Å². The lowest BCUT2D eigenvalue weighted by Gasteiger charge is -2.30. The molecule has 19 nitrogen and oxygen atoms in total. The zero-order chi connectivity index (χ0) is 35.1. The highest BCUT2D eigenvalue weighted by Crippen LogP contribution is 2.19. The van der Waals surface area contributed by atoms with Gasteiger partial charge in [-0.25, -0.2) is 4.79 Å². The Kier molecular flexibility index (Phi) is 16.9. The maximum atomic E-state index is 13.6. The van der Waals surface area contributed by atoms with Crippen LogP contribution in [-0.2, 0) is 28.8 Å². The minimum absolute atomic E-state index is 0.0243. The largest absolute Gasteiger partial charge is 0.480 e. The first kappa shape index (κ1) is 40.0. The number of rotatable bonds is 19. The molecule has 1 fully saturated rings. The van der Waals surface area contributed by atoms with Crippen LogP contribution in [0.3, 0.4) is 0 Å². The molecule has 0 bridgehead atoms. The predicted molar refractivity (Wildman–Crippen MR) is 163 cm³/mol. The normalized spacial score (nSPS) is 18.9. The number of nitrogens with one attached hydrogen (secondary N) is 4. The number of hydrogen-bond acceptors (Lipinski definition) is 11. The smallest absolute Gasteiger partial charge is 0.328 e. The van der Waals surface area contributed by atoms with Gasteiger partial charge in [-0.2, -0.15) is 0 Å². The van der Waals surface area contributed by atoms with Crippen molar-refractivity contribution in [2.75, 3.05) is 26.3 Å². The van der Waals surface area contributed by atoms with Gasteiger partial charge >= 0.3 is 5.97 Å². The Labute approximate surface area is 266 Å². The van der Waals surface area contributed by atoms with E-state index in [9.17, 15) is 44.1 Å². The van der Waals surface area contributed by atoms with E-state index in [-0.39, 0.29) is 38.3 Å². The number of carboxylic acid groups (broad SMARTS) is 1. The van der Waals surface area contributed by atoms with Gasteiger partial charge in [0.25, 0.3) is 0 Å². The Bertz CT molecular complexity index is 1100. The maximum absolute atomic E-state index is 13.6. The first-order valence-corrected chi connectivity index (χ1v) is 15.0. The summed E-state index contributed by atoms with van der Waals surface area (Å²) in [4.78, 5) is 82.0. The molecule has 0 radical (unpaired) electrons. The summed E-state index contributed by atoms with van der Waals surface area (Å²) in [6, 6.07) is -8.00. The van der Waals surface area contributed by atoms with Gasteiger partial charge in [-0.1, -0.05) is 20.3 Å². The number of aliphatic imine (C=N–C) groups is 1. The van der Waals surface area contributed by atoms with E-state index in [1.54, 1.807) is 13.8 Å². The second-order valence-corrected chi connectivity index (χ2v) is 11.2. The first-order chi connectivity index (χ1) is 21.6. The van der Waals surface area contributed by atoms with Crippen molar-refractivity contribution in [1.29, 1.82) is 0 Å². The van der Waals surface area contributed by atoms with E-state index in [4.69, 9.17) is 22.3 Å². The van der Waals surface area contributed by atoms with E-state index in [0.29, 0.717) is 12.8 Å². The molecule has 1 aliphatic rings. The fraction of sp³-hybridized carbons (Fsp3) is 0.741. The van der Waals surface area contributed by atoms with Crippen molar-refractivity contribution in [3.05, 3.63) is 0 Å². The van der Waals surface area contributed by atoms with Gasteiger partial charge in [-0.05, 0) is 38.5 Å². The lowest BCUT2D eigenvalue weighted by Crippen LogP contribution is -2.62. The number of hydrogen-bond donors (Lipinski definition) is 11. The third kappa shape index (κ3) is 12.0. The average molecular weight is 660 g/mol. The van der Waals surface area contributed by atoms with Crippen LogP contribution >= 0.6 is 0 Å². The standard InChI is InChI=1S/C27H49N9O10/c1-4-13(2)19(23(42)35-20(14(3)39)24(43)33-17(12-38)26(45)46)34-21(40)16(7-5-9-31-27(29)30)32-22(41)18-8-6-10-36(18)25(44)15(28)11-37/h13-20,37-39H,4-12,28H2,1-3H3,(H,32,41)(H,33,43)(H,34,40)(H,35,42)(H,45,46)(H4,29,30,31)/t13-,14+,15-,16-,17-,18-,19-,20-/m0/s1. The zero-order valence-corrected chi connectivity index (χ0v) is 26.3. The lowest BCUT2D eigenvalue weighted by atomic mass is 9.96. The fourth-order valence-electron chi connectivity index (χ4n) is 4.69. The summed E-state index contributed by atoms with van der Waals surface area (Å²) in [6.07, 6.45) is -0.0820. The minimum Gasteiger partial charge on any atom is -0.480 e. The van der Waals surface area contributed by atoms with Gasteiger partial charge in [-0.15, -0.1) is 0 Å². The Hall–Kier alpha value is -4.07. The number of guanidine groups is 1. The van der Waals surface area contributed by atoms with Crippen molar-refractivity contribution in [2.45, 2.75) is 95.2 Å². The molecule has 0 aromatic rings. The second-order valence-electron chi connectivity index (χ2n) is 11.2. The van der Waals surface area contributed by atoms with Gasteiger partial charge in [0.2, 0.25) is 29.5 Å². The number of carbonyl (C=O) groups excluding carboxylic acids is 5. The quantitative estimate of drug-likeness (QED) is 0.0351. The van der Waals surface area contributed by atoms with E-state index in [2.05, 4.69) is 20.9 Å². The minimum atomic E-state index is -1.69. The summed E-state index contributed by atoms with van der Waals surface area (Å²) >= 11 is 0. The lowest BCUT2D eigenvalue weighted by molar-refractivity contribution is -0.144. The number of amides is 5. The van der Waals surface area contributed by atoms with Crippen molar-refractivity contribution < 1.29 is 49.2 Å². The van der Waals surface area contributed by atoms with Crippen LogP contribution in [0.25, 0.3) is 0 Å². The molecule has 0 aromatic heterocycles. The van der Waals surface area contributed by atoms with Crippen LogP contribution in [-0.4, -0.2) is 135 Å². The topological polar surface area (TPSA) is 325 Å². The Morgan fingerprint density at radius 3 is 2.04 bits per heavy atom. The average Bonchev–Trinajstić information content (AvgIpc) is 3.50. The number of carbonyl (C=O) groups is 6. The summed E-state index contributed by atoms with van der Waals surface area (Å²) in [5.74, 6) is -6.23. The molecule has 46 heavy (non-hydrogen) atoms. The van der Waals surface area contributed by atoms with E-state index in [1.165, 1.54) is 11.8 Å². The van der Waals surface area contributed by atoms with E-state index < -0.39 is 97.0 Å². The molecule has 0 saturated carbocycles. The number of nitrogens with zero attached hydrogens (tertiary/aromatic N) is 2. The van der Waals surface area contributed by atoms with Gasteiger partial charge in [-0.3, -0.25) is 29.0 Å². The predicted octanol–water partition coefficient (Wildman–Crippen LogP) is -5.21. The van der Waals surface area contributed by atoms with E-state index >= 15 is 0 Å². The molecule has 14 N–H and O–H groups in total. The van der Waals surface area contributed by atoms with Gasteiger partial charge in [0.1, 0.15) is 36.3 Å². The summed E-state index contributed by atoms with van der Waals surface area (Å²) in [6.45, 7) is 3.36. The molecule has 1 aliphatic heterocycles. The van der Waals surface area contributed by atoms with Crippen LogP contribution < -0.4 is 38.5 Å². The van der Waals surface area contributed by atoms with Crippen molar-refractivity contribution in [3.8, 4) is 0 Å². The SMILES string of the molecule is CC[C@H](C)[C@H](NC(=O)[C@H](CCCN=C(N)N)NC(=O)[C@@H]1CCCN1C(=O)[C@@H](N)CO)C(=O)N[C@H](C(=O)N[C@@H](CO)C(=O)O)[C@@H](C)O. The van der Waals surface area contributed by atoms with Gasteiger partial charge in [0.05, 0.1) is 19.3 Å². The van der Waals surface area contributed by atoms with Gasteiger partial charge < -0.3 is 63.8 Å². The Morgan fingerprint density at radius 1 is 0.913 bits per heavy atom. The van der Waals surface area contributed by atoms with Crippen LogP contribution in [0.4, 0.5) is 0 Å². The molecule has 5 amide bonds. The number of nitrogens with two attached hydrogens (primary N) is 3. The molecule has 1 heterocycles. The van der Waals surface area contributed by atoms with Crippen LogP contribution in [0, 0.1) is 5.92 Å². The van der Waals surface area contributed by atoms with E-state index in [0.717, 1.165) is 0 Å². The summed E-state index contributed by atoms with van der Waals surface area (Å²) < 4.78 is 0. The van der Waals surface area contributed by atoms with Crippen molar-refractivity contribution >= 4 is 41.5 Å². The Morgan fingerprint density at radius 2 is 1.52 bits per heavy atom. The molecule has 0 aromatic carbocycles. The molecule has 1 rings (SSSR count). The summed E-state index contributed by atoms with van der Waals surface area (Å²) in [5, 5.41) is 47.4. The van der Waals surface area contributed by atoms with Crippen molar-refractivity contribution in [3.63, 3.8) is 0 Å². The third-order valence-corrected chi connectivity index (χ3v) is 7.58. The zero-order valence-electron chi connectivity index (χ0n) is 26.3. The highest BCUT2D eigenvalue weighted by molar-refractivity contribution is 5.96. The molecular weight excluding hydrogens is 610 g/mol. The van der Waals surface area contributed by atoms with Gasteiger partial charge in [0, 0.05) is 13.1 Å². The molecule has 0 unspecified atom stereocenters. The fourth-order valence-corrected chi connectivity index (χ4v) is 4.69. The molecular formula is C27H49N9O10. The molecule has 1 saturated heterocycles. The molecule has 0 aliphatic carbocycles. The third-order valence-electron chi connectivity index (χ3n) is 7.58. The number of aliphatic carboxylic acids is 1. The van der Waals surface area contributed by atoms with Crippen LogP contribution in [0.1, 0.15) is 52.9 Å². The molecule has 19 heteroatoms. The maximum Gasteiger partial charge on any atom is 0.328 e. The number of aliphatic hydroxyl groups is 3. The first-order valence-electron chi connectivity index (χ1n) is 15.0. The molecule has 0 spiro atoms. The van der Waals surface area contributed by atoms with Crippen molar-refractivity contribution in [1.82, 2.24) is 26.2 Å². The molecule has 8 atom stereocenters. The molecule has 262 valence electrons. The Balaban J connectivity index is 3.21.